The lowest BCUT2D eigenvalue weighted by molar-refractivity contribution is -0.112. The number of para-hydroxylation sites is 2. The number of hydrogen-bond donors (Lipinski definition) is 1. The number of carbonyl (C=O) groups excluding carboxylic acids is 2. The van der Waals surface area contributed by atoms with Gasteiger partial charge in [-0.2, -0.15) is 0 Å². The highest BCUT2D eigenvalue weighted by Crippen LogP contribution is 2.31. The summed E-state index contributed by atoms with van der Waals surface area (Å²) in [4.78, 5) is 26.1. The average molecular weight is 567 g/mol. The number of benzene rings is 5. The number of nitrogens with zero attached hydrogens (tertiary/aromatic N) is 1. The number of anilines is 1. The predicted octanol–water partition coefficient (Wildman–Crippen LogP) is 7.67. The van der Waals surface area contributed by atoms with E-state index < -0.39 is 11.7 Å². The second kappa shape index (κ2) is 12.9. The van der Waals surface area contributed by atoms with Crippen LogP contribution >= 0.6 is 0 Å². The fourth-order valence-corrected chi connectivity index (χ4v) is 4.94. The third-order valence-electron chi connectivity index (χ3n) is 7.11. The van der Waals surface area contributed by atoms with Gasteiger partial charge in [0.1, 0.15) is 13.2 Å². The van der Waals surface area contributed by atoms with E-state index in [1.54, 1.807) is 18.3 Å². The summed E-state index contributed by atoms with van der Waals surface area (Å²) < 4.78 is 14.4. The van der Waals surface area contributed by atoms with Gasteiger partial charge in [0.2, 0.25) is 0 Å². The minimum absolute atomic E-state index is 0.354. The monoisotopic (exact) mass is 566 g/mol. The van der Waals surface area contributed by atoms with Crippen molar-refractivity contribution in [2.75, 3.05) is 5.32 Å². The van der Waals surface area contributed by atoms with E-state index in [-0.39, 0.29) is 0 Å². The van der Waals surface area contributed by atoms with Gasteiger partial charge >= 0.3 is 0 Å². The molecule has 1 N–H and O–H groups in total. The van der Waals surface area contributed by atoms with E-state index in [9.17, 15) is 9.59 Å². The Balaban J connectivity index is 1.27. The largest absolute Gasteiger partial charge is 0.485 e. The molecular weight excluding hydrogens is 536 g/mol. The molecule has 6 nitrogen and oxygen atoms in total. The summed E-state index contributed by atoms with van der Waals surface area (Å²) in [6.07, 6.45) is 1.75. The molecule has 0 aliphatic rings. The van der Waals surface area contributed by atoms with Gasteiger partial charge in [-0.15, -0.1) is 0 Å². The molecule has 0 spiro atoms. The zero-order valence-corrected chi connectivity index (χ0v) is 23.5. The van der Waals surface area contributed by atoms with Crippen LogP contribution in [0.25, 0.3) is 10.9 Å². The van der Waals surface area contributed by atoms with Crippen LogP contribution in [0.4, 0.5) is 5.69 Å². The summed E-state index contributed by atoms with van der Waals surface area (Å²) in [5.41, 5.74) is 4.86. The minimum atomic E-state index is -0.675. The van der Waals surface area contributed by atoms with Crippen LogP contribution in [-0.2, 0) is 24.6 Å². The molecule has 0 aliphatic heterocycles. The molecule has 0 saturated carbocycles. The number of aromatic nitrogens is 1. The first-order valence-electron chi connectivity index (χ1n) is 14.1. The molecule has 212 valence electrons. The molecule has 5 aromatic carbocycles. The van der Waals surface area contributed by atoms with Crippen molar-refractivity contribution in [3.05, 3.63) is 162 Å². The van der Waals surface area contributed by atoms with Gasteiger partial charge in [0.05, 0.1) is 5.56 Å². The third kappa shape index (κ3) is 6.66. The van der Waals surface area contributed by atoms with Crippen molar-refractivity contribution in [2.45, 2.75) is 19.8 Å². The number of Topliss-reactive ketones (excluding diaryl/α,β-unsaturated/α-hetero) is 1. The minimum Gasteiger partial charge on any atom is -0.485 e. The summed E-state index contributed by atoms with van der Waals surface area (Å²) >= 11 is 0. The van der Waals surface area contributed by atoms with Gasteiger partial charge < -0.3 is 19.4 Å². The Kier molecular flexibility index (Phi) is 8.27. The molecular formula is C37H30N2O4. The Labute approximate surface area is 250 Å². The highest BCUT2D eigenvalue weighted by Gasteiger charge is 2.22. The van der Waals surface area contributed by atoms with Crippen molar-refractivity contribution >= 4 is 28.3 Å². The van der Waals surface area contributed by atoms with Gasteiger partial charge in [-0.3, -0.25) is 9.59 Å². The van der Waals surface area contributed by atoms with Gasteiger partial charge in [-0.05, 0) is 47.0 Å². The summed E-state index contributed by atoms with van der Waals surface area (Å²) in [6, 6.07) is 42.4. The van der Waals surface area contributed by atoms with Crippen LogP contribution in [0.1, 0.15) is 27.0 Å². The maximum atomic E-state index is 13.3. The van der Waals surface area contributed by atoms with Gasteiger partial charge in [0.15, 0.2) is 11.5 Å². The highest BCUT2D eigenvalue weighted by molar-refractivity contribution is 6.48. The number of ether oxygens (including phenoxy) is 2. The van der Waals surface area contributed by atoms with Gasteiger partial charge in [-0.1, -0.05) is 103 Å². The quantitative estimate of drug-likeness (QED) is 0.129. The third-order valence-corrected chi connectivity index (χ3v) is 7.11. The predicted molar refractivity (Wildman–Crippen MR) is 168 cm³/mol. The Hall–Kier alpha value is -5.62. The Morgan fingerprint density at radius 1 is 0.605 bits per heavy atom. The van der Waals surface area contributed by atoms with Gasteiger partial charge in [0.25, 0.3) is 11.7 Å². The van der Waals surface area contributed by atoms with Gasteiger partial charge in [-0.25, -0.2) is 0 Å². The molecule has 0 fully saturated rings. The van der Waals surface area contributed by atoms with Crippen molar-refractivity contribution in [3.63, 3.8) is 0 Å². The van der Waals surface area contributed by atoms with E-state index in [2.05, 4.69) is 5.32 Å². The smallest absolute Gasteiger partial charge is 0.296 e. The molecule has 1 heterocycles. The van der Waals surface area contributed by atoms with Crippen LogP contribution in [0.3, 0.4) is 0 Å². The van der Waals surface area contributed by atoms with E-state index in [1.807, 2.05) is 126 Å². The lowest BCUT2D eigenvalue weighted by Crippen LogP contribution is -2.22. The zero-order valence-electron chi connectivity index (χ0n) is 23.5. The maximum Gasteiger partial charge on any atom is 0.296 e. The number of ketones is 1. The van der Waals surface area contributed by atoms with E-state index in [1.165, 1.54) is 0 Å². The van der Waals surface area contributed by atoms with E-state index in [0.717, 1.165) is 27.6 Å². The molecule has 0 saturated heterocycles. The Morgan fingerprint density at radius 2 is 1.19 bits per heavy atom. The van der Waals surface area contributed by atoms with Crippen LogP contribution in [0, 0.1) is 0 Å². The molecule has 6 rings (SSSR count). The van der Waals surface area contributed by atoms with E-state index in [4.69, 9.17) is 9.47 Å². The molecule has 1 amide bonds. The number of carbonyl (C=O) groups is 2. The van der Waals surface area contributed by atoms with Crippen molar-refractivity contribution in [3.8, 4) is 11.5 Å². The highest BCUT2D eigenvalue weighted by atomic mass is 16.5. The lowest BCUT2D eigenvalue weighted by atomic mass is 10.1. The Morgan fingerprint density at radius 3 is 1.86 bits per heavy atom. The van der Waals surface area contributed by atoms with Crippen molar-refractivity contribution in [2.24, 2.45) is 0 Å². The first-order chi connectivity index (χ1) is 21.1. The molecule has 43 heavy (non-hydrogen) atoms. The summed E-state index contributed by atoms with van der Waals surface area (Å²) in [5.74, 6) is 0.0163. The van der Waals surface area contributed by atoms with E-state index >= 15 is 0 Å². The molecule has 0 unspecified atom stereocenters. The fourth-order valence-electron chi connectivity index (χ4n) is 4.94. The maximum absolute atomic E-state index is 13.3. The molecule has 0 bridgehead atoms. The first kappa shape index (κ1) is 27.5. The second-order valence-electron chi connectivity index (χ2n) is 10.2. The van der Waals surface area contributed by atoms with Crippen LogP contribution in [0.15, 0.2) is 140 Å². The number of fused-ring (bicyclic) bond motifs is 1. The van der Waals surface area contributed by atoms with Gasteiger partial charge in [0, 0.05) is 29.3 Å². The van der Waals surface area contributed by atoms with Crippen LogP contribution in [0.2, 0.25) is 0 Å². The molecule has 6 aromatic rings. The molecule has 1 aromatic heterocycles. The first-order valence-corrected chi connectivity index (χ1v) is 14.1. The molecule has 0 radical (unpaired) electrons. The average Bonchev–Trinajstić information content (AvgIpc) is 3.42. The number of amides is 1. The van der Waals surface area contributed by atoms with Crippen LogP contribution in [0.5, 0.6) is 11.5 Å². The molecule has 0 atom stereocenters. The van der Waals surface area contributed by atoms with Crippen molar-refractivity contribution in [1.29, 1.82) is 0 Å². The topological polar surface area (TPSA) is 69.6 Å². The molecule has 6 heteroatoms. The van der Waals surface area contributed by atoms with Crippen LogP contribution < -0.4 is 14.8 Å². The normalized spacial score (nSPS) is 10.8. The fraction of sp³-hybridized carbons (Fsp3) is 0.0811. The lowest BCUT2D eigenvalue weighted by Gasteiger charge is -2.15. The summed E-state index contributed by atoms with van der Waals surface area (Å²) in [6.45, 7) is 1.28. The van der Waals surface area contributed by atoms with Crippen LogP contribution in [-0.4, -0.2) is 16.3 Å². The molecule has 0 aliphatic carbocycles. The van der Waals surface area contributed by atoms with Crippen molar-refractivity contribution in [1.82, 2.24) is 4.57 Å². The number of hydrogen-bond acceptors (Lipinski definition) is 4. The number of nitrogens with one attached hydrogen (secondary N) is 1. The second-order valence-corrected chi connectivity index (χ2v) is 10.2. The number of rotatable bonds is 11. The SMILES string of the molecule is O=C(Nc1ccccc1)C(=O)c1cn(Cc2ccc(OCc3ccccc3)c(OCc3ccccc3)c2)c2ccccc12. The Bertz CT molecular complexity index is 1850. The summed E-state index contributed by atoms with van der Waals surface area (Å²) in [7, 11) is 0. The summed E-state index contributed by atoms with van der Waals surface area (Å²) in [5, 5.41) is 3.42. The standard InChI is InChI=1S/C37H30N2O4/c40-36(37(41)38-30-16-8-3-9-17-30)32-24-39(33-19-11-10-18-31(32)33)23-29-20-21-34(42-25-27-12-4-1-5-13-27)35(22-29)43-26-28-14-6-2-7-15-28/h1-22,24H,23,25-26H2,(H,38,41). The van der Waals surface area contributed by atoms with Crippen molar-refractivity contribution < 1.29 is 19.1 Å². The van der Waals surface area contributed by atoms with E-state index in [0.29, 0.717) is 42.5 Å². The zero-order chi connectivity index (χ0) is 29.4.